The summed E-state index contributed by atoms with van der Waals surface area (Å²) in [5, 5.41) is 8.75. The molecule has 10 nitrogen and oxygen atoms in total. The van der Waals surface area contributed by atoms with Crippen molar-refractivity contribution >= 4 is 56.1 Å². The first-order valence-electron chi connectivity index (χ1n) is 14.4. The molecule has 0 unspecified atom stereocenters. The summed E-state index contributed by atoms with van der Waals surface area (Å²) in [6.45, 7) is 2.58. The Morgan fingerprint density at radius 2 is 1.88 bits per heavy atom. The number of rotatable bonds is 5. The van der Waals surface area contributed by atoms with E-state index in [1.54, 1.807) is 19.3 Å². The average Bonchev–Trinajstić information content (AvgIpc) is 3.80. The van der Waals surface area contributed by atoms with Crippen molar-refractivity contribution in [2.75, 3.05) is 43.6 Å². The number of hydrogen-bond donors (Lipinski definition) is 2. The van der Waals surface area contributed by atoms with Gasteiger partial charge in [-0.15, -0.1) is 11.3 Å². The first-order valence-corrected chi connectivity index (χ1v) is 15.3. The average molecular weight is 595 g/mol. The lowest BCUT2D eigenvalue weighted by molar-refractivity contribution is 0.0952. The van der Waals surface area contributed by atoms with Crippen molar-refractivity contribution in [2.45, 2.75) is 31.7 Å². The number of benzene rings is 1. The van der Waals surface area contributed by atoms with Gasteiger partial charge in [0.2, 0.25) is 11.4 Å². The Labute approximate surface area is 251 Å². The molecule has 1 aromatic carbocycles. The third-order valence-corrected chi connectivity index (χ3v) is 8.94. The van der Waals surface area contributed by atoms with Gasteiger partial charge in [-0.2, -0.15) is 4.98 Å². The zero-order chi connectivity index (χ0) is 29.3. The van der Waals surface area contributed by atoms with Crippen molar-refractivity contribution in [3.63, 3.8) is 0 Å². The summed E-state index contributed by atoms with van der Waals surface area (Å²) >= 11 is 1.35. The molecule has 5 heterocycles. The highest BCUT2D eigenvalue weighted by Gasteiger charge is 2.25. The number of ether oxygens (including phenoxy) is 1. The molecule has 7 rings (SSSR count). The Balaban J connectivity index is 1.12. The Bertz CT molecular complexity index is 1940. The van der Waals surface area contributed by atoms with Crippen LogP contribution in [-0.2, 0) is 4.74 Å². The lowest BCUT2D eigenvalue weighted by Gasteiger charge is -2.26. The molecule has 1 saturated heterocycles. The summed E-state index contributed by atoms with van der Waals surface area (Å²) in [6.07, 6.45) is 6.12. The number of fused-ring (bicyclic) bond motifs is 2. The van der Waals surface area contributed by atoms with E-state index in [4.69, 9.17) is 14.1 Å². The van der Waals surface area contributed by atoms with Crippen LogP contribution in [0.1, 0.15) is 53.3 Å². The normalized spacial score (nSPS) is 15.5. The van der Waals surface area contributed by atoms with Crippen molar-refractivity contribution in [1.82, 2.24) is 19.9 Å². The van der Waals surface area contributed by atoms with Crippen LogP contribution in [0.15, 0.2) is 57.2 Å². The largest absolute Gasteiger partial charge is 0.438 e. The van der Waals surface area contributed by atoms with E-state index in [1.165, 1.54) is 11.3 Å². The zero-order valence-corrected chi connectivity index (χ0v) is 24.5. The molecule has 1 saturated carbocycles. The summed E-state index contributed by atoms with van der Waals surface area (Å²) in [7, 11) is 1.65. The summed E-state index contributed by atoms with van der Waals surface area (Å²) < 4.78 is 14.2. The van der Waals surface area contributed by atoms with Gasteiger partial charge in [0.15, 0.2) is 11.5 Å². The van der Waals surface area contributed by atoms with E-state index in [0.717, 1.165) is 48.0 Å². The van der Waals surface area contributed by atoms with Gasteiger partial charge in [-0.1, -0.05) is 24.7 Å². The molecule has 5 aromatic rings. The lowest BCUT2D eigenvalue weighted by Crippen LogP contribution is -2.36. The number of nitrogens with one attached hydrogen (secondary N) is 2. The second-order valence-corrected chi connectivity index (χ2v) is 11.6. The van der Waals surface area contributed by atoms with Gasteiger partial charge in [-0.3, -0.25) is 9.59 Å². The second kappa shape index (κ2) is 11.6. The molecule has 0 radical (unpaired) electrons. The van der Waals surface area contributed by atoms with Crippen LogP contribution in [0, 0.1) is 11.8 Å². The van der Waals surface area contributed by atoms with Crippen LogP contribution < -0.4 is 21.0 Å². The minimum Gasteiger partial charge on any atom is -0.438 e. The van der Waals surface area contributed by atoms with Crippen molar-refractivity contribution in [3.05, 3.63) is 75.0 Å². The highest BCUT2D eigenvalue weighted by Crippen LogP contribution is 2.34. The molecule has 0 atom stereocenters. The van der Waals surface area contributed by atoms with E-state index in [1.807, 2.05) is 40.6 Å². The maximum atomic E-state index is 12.7. The third kappa shape index (κ3) is 5.35. The molecule has 2 N–H and O–H groups in total. The number of amides is 1. The van der Waals surface area contributed by atoms with Crippen molar-refractivity contribution < 1.29 is 13.9 Å². The SMILES string of the molecule is CNC(=O)c1cc2cnc(Nc3ccc(C#Cc4csc5c(=O)cc(N6CCOCC6)oc45)cc3)nc2n1C1CCCC1. The minimum absolute atomic E-state index is 0.0583. The summed E-state index contributed by atoms with van der Waals surface area (Å²) in [5.74, 6) is 7.27. The second-order valence-electron chi connectivity index (χ2n) is 10.7. The Hall–Kier alpha value is -4.66. The van der Waals surface area contributed by atoms with Gasteiger partial charge in [-0.25, -0.2) is 4.98 Å². The summed E-state index contributed by atoms with van der Waals surface area (Å²) in [5.41, 5.74) is 4.18. The molecule has 2 fully saturated rings. The number of aromatic nitrogens is 3. The molecular weight excluding hydrogens is 564 g/mol. The number of anilines is 3. The maximum Gasteiger partial charge on any atom is 0.267 e. The Morgan fingerprint density at radius 3 is 2.65 bits per heavy atom. The molecular formula is C32H30N6O4S. The fourth-order valence-corrected chi connectivity index (χ4v) is 6.60. The fourth-order valence-electron chi connectivity index (χ4n) is 5.76. The maximum absolute atomic E-state index is 12.7. The number of carbonyl (C=O) groups is 1. The molecule has 1 aliphatic heterocycles. The molecule has 43 heavy (non-hydrogen) atoms. The summed E-state index contributed by atoms with van der Waals surface area (Å²) in [6, 6.07) is 11.4. The standard InChI is InChI=1S/C32H30N6O4S/c1-33-31(40)25-16-22-18-34-32(36-30(22)38(25)24-4-2-3-5-24)35-23-10-7-20(8-11-23)6-9-21-19-43-29-26(39)17-27(42-28(21)29)37-12-14-41-15-13-37/h7-8,10-11,16-19,24H,2-5,12-15H2,1H3,(H,33,40)(H,34,35,36). The predicted octanol–water partition coefficient (Wildman–Crippen LogP) is 5.05. The van der Waals surface area contributed by atoms with Crippen molar-refractivity contribution in [3.8, 4) is 11.8 Å². The van der Waals surface area contributed by atoms with Crippen LogP contribution in [-0.4, -0.2) is 53.8 Å². The molecule has 0 bridgehead atoms. The highest BCUT2D eigenvalue weighted by atomic mass is 32.1. The number of nitrogens with zero attached hydrogens (tertiary/aromatic N) is 4. The molecule has 1 amide bonds. The number of thiophene rings is 1. The zero-order valence-electron chi connectivity index (χ0n) is 23.7. The van der Waals surface area contributed by atoms with E-state index < -0.39 is 0 Å². The molecule has 1 aliphatic carbocycles. The quantitative estimate of drug-likeness (QED) is 0.272. The monoisotopic (exact) mass is 594 g/mol. The van der Waals surface area contributed by atoms with E-state index >= 15 is 0 Å². The van der Waals surface area contributed by atoms with E-state index in [9.17, 15) is 9.59 Å². The van der Waals surface area contributed by atoms with Crippen LogP contribution in [0.5, 0.6) is 0 Å². The van der Waals surface area contributed by atoms with Crippen LogP contribution in [0.4, 0.5) is 17.5 Å². The first kappa shape index (κ1) is 27.2. The van der Waals surface area contributed by atoms with Gasteiger partial charge in [0, 0.05) is 60.5 Å². The smallest absolute Gasteiger partial charge is 0.267 e. The molecule has 11 heteroatoms. The van der Waals surface area contributed by atoms with Gasteiger partial charge in [-0.05, 0) is 43.2 Å². The molecule has 2 aliphatic rings. The summed E-state index contributed by atoms with van der Waals surface area (Å²) in [4.78, 5) is 36.7. The van der Waals surface area contributed by atoms with Crippen molar-refractivity contribution in [1.29, 1.82) is 0 Å². The van der Waals surface area contributed by atoms with Gasteiger partial charge >= 0.3 is 0 Å². The molecule has 0 spiro atoms. The van der Waals surface area contributed by atoms with Gasteiger partial charge < -0.3 is 29.3 Å². The van der Waals surface area contributed by atoms with Gasteiger partial charge in [0.1, 0.15) is 16.0 Å². The predicted molar refractivity (Wildman–Crippen MR) is 168 cm³/mol. The van der Waals surface area contributed by atoms with E-state index in [-0.39, 0.29) is 17.4 Å². The third-order valence-electron chi connectivity index (χ3n) is 7.96. The number of carbonyl (C=O) groups excluding carboxylic acids is 1. The van der Waals surface area contributed by atoms with Gasteiger partial charge in [0.05, 0.1) is 18.8 Å². The van der Waals surface area contributed by atoms with Crippen LogP contribution in [0.25, 0.3) is 21.3 Å². The Morgan fingerprint density at radius 1 is 1.09 bits per heavy atom. The number of hydrogen-bond acceptors (Lipinski definition) is 9. The van der Waals surface area contributed by atoms with Crippen LogP contribution >= 0.6 is 11.3 Å². The van der Waals surface area contributed by atoms with Crippen LogP contribution in [0.2, 0.25) is 0 Å². The Kier molecular flexibility index (Phi) is 7.30. The molecule has 4 aromatic heterocycles. The highest BCUT2D eigenvalue weighted by molar-refractivity contribution is 7.17. The van der Waals surface area contributed by atoms with Crippen molar-refractivity contribution in [2.24, 2.45) is 0 Å². The van der Waals surface area contributed by atoms with E-state index in [0.29, 0.717) is 59.7 Å². The van der Waals surface area contributed by atoms with Crippen LogP contribution in [0.3, 0.4) is 0 Å². The minimum atomic E-state index is -0.119. The topological polar surface area (TPSA) is 115 Å². The van der Waals surface area contributed by atoms with Gasteiger partial charge in [0.25, 0.3) is 5.91 Å². The first-order chi connectivity index (χ1) is 21.1. The lowest BCUT2D eigenvalue weighted by atomic mass is 10.2. The van der Waals surface area contributed by atoms with E-state index in [2.05, 4.69) is 32.0 Å². The fraction of sp³-hybridized carbons (Fsp3) is 0.312. The molecule has 218 valence electrons. The number of morpholine rings is 1.